The van der Waals surface area contributed by atoms with E-state index in [0.29, 0.717) is 5.75 Å². The standard InChI is InChI=1S/C19H16N2O/c22-14-3-1-2-11-8-15-18-5-4-13-16(12(9-18)10-21-13)19(18,17(11)14)6-7-20-15/h1-5,8,10,20-22H,6-7,9H2. The van der Waals surface area contributed by atoms with Crippen molar-refractivity contribution in [2.75, 3.05) is 6.54 Å². The quantitative estimate of drug-likeness (QED) is 0.698. The maximum atomic E-state index is 10.7. The van der Waals surface area contributed by atoms with Crippen molar-refractivity contribution in [3.05, 3.63) is 64.1 Å². The Morgan fingerprint density at radius 1 is 1.18 bits per heavy atom. The van der Waals surface area contributed by atoms with E-state index in [0.717, 1.165) is 30.5 Å². The van der Waals surface area contributed by atoms with Crippen LogP contribution in [0.25, 0.3) is 12.2 Å². The third kappa shape index (κ3) is 0.893. The Hall–Kier alpha value is -2.42. The van der Waals surface area contributed by atoms with Crippen LogP contribution in [0.5, 0.6) is 5.75 Å². The molecule has 3 aliphatic carbocycles. The van der Waals surface area contributed by atoms with Crippen molar-refractivity contribution in [2.45, 2.75) is 18.3 Å². The van der Waals surface area contributed by atoms with E-state index in [2.05, 4.69) is 40.8 Å². The highest BCUT2D eigenvalue weighted by atomic mass is 16.3. The molecule has 1 aromatic heterocycles. The molecule has 1 aliphatic heterocycles. The van der Waals surface area contributed by atoms with Crippen LogP contribution < -0.4 is 5.32 Å². The van der Waals surface area contributed by atoms with Crippen LogP contribution in [0.4, 0.5) is 0 Å². The lowest BCUT2D eigenvalue weighted by Gasteiger charge is -2.55. The van der Waals surface area contributed by atoms with Crippen LogP contribution in [0.15, 0.2) is 36.2 Å². The highest BCUT2D eigenvalue weighted by Gasteiger charge is 2.65. The summed E-state index contributed by atoms with van der Waals surface area (Å²) in [7, 11) is 0. The average Bonchev–Trinajstić information content (AvgIpc) is 2.96. The molecule has 2 aromatic rings. The number of aromatic nitrogens is 1. The average molecular weight is 288 g/mol. The van der Waals surface area contributed by atoms with Gasteiger partial charge in [-0.25, -0.2) is 0 Å². The topological polar surface area (TPSA) is 48.0 Å². The summed E-state index contributed by atoms with van der Waals surface area (Å²) >= 11 is 0. The van der Waals surface area contributed by atoms with Crippen LogP contribution in [-0.2, 0) is 11.8 Å². The Balaban J connectivity index is 1.86. The molecule has 1 saturated heterocycles. The Morgan fingerprint density at radius 2 is 2.14 bits per heavy atom. The number of phenolic OH excluding ortho intramolecular Hbond substituents is 1. The number of fused-ring (bicyclic) bond motifs is 1. The van der Waals surface area contributed by atoms with Crippen molar-refractivity contribution in [3.8, 4) is 5.75 Å². The predicted octanol–water partition coefficient (Wildman–Crippen LogP) is 2.92. The zero-order chi connectivity index (χ0) is 14.5. The molecule has 108 valence electrons. The van der Waals surface area contributed by atoms with E-state index in [4.69, 9.17) is 0 Å². The Morgan fingerprint density at radius 3 is 3.09 bits per heavy atom. The third-order valence-corrected chi connectivity index (χ3v) is 6.28. The zero-order valence-corrected chi connectivity index (χ0v) is 12.1. The van der Waals surface area contributed by atoms with Gasteiger partial charge >= 0.3 is 0 Å². The lowest BCUT2D eigenvalue weighted by Crippen LogP contribution is -2.55. The molecule has 1 aromatic carbocycles. The lowest BCUT2D eigenvalue weighted by molar-refractivity contribution is 0.216. The summed E-state index contributed by atoms with van der Waals surface area (Å²) in [6.07, 6.45) is 11.1. The van der Waals surface area contributed by atoms with Crippen molar-refractivity contribution in [1.82, 2.24) is 10.3 Å². The number of rotatable bonds is 0. The molecule has 0 saturated carbocycles. The molecule has 4 aliphatic rings. The van der Waals surface area contributed by atoms with E-state index < -0.39 is 0 Å². The van der Waals surface area contributed by atoms with Crippen LogP contribution in [0.1, 0.15) is 34.4 Å². The van der Waals surface area contributed by atoms with Crippen molar-refractivity contribution < 1.29 is 5.11 Å². The minimum Gasteiger partial charge on any atom is -0.508 e. The van der Waals surface area contributed by atoms with E-state index in [1.807, 2.05) is 12.1 Å². The number of piperidine rings is 1. The number of hydrogen-bond acceptors (Lipinski definition) is 2. The van der Waals surface area contributed by atoms with Gasteiger partial charge in [0.25, 0.3) is 0 Å². The number of H-pyrrole nitrogens is 1. The van der Waals surface area contributed by atoms with Crippen molar-refractivity contribution in [3.63, 3.8) is 0 Å². The maximum absolute atomic E-state index is 10.7. The normalized spacial score (nSPS) is 32.1. The first-order valence-electron chi connectivity index (χ1n) is 7.95. The second-order valence-electron chi connectivity index (χ2n) is 6.97. The fourth-order valence-corrected chi connectivity index (χ4v) is 5.61. The highest BCUT2D eigenvalue weighted by Crippen LogP contribution is 2.69. The summed E-state index contributed by atoms with van der Waals surface area (Å²) in [4.78, 5) is 3.43. The molecule has 3 N–H and O–H groups in total. The molecule has 6 rings (SSSR count). The summed E-state index contributed by atoms with van der Waals surface area (Å²) in [5.74, 6) is 0.439. The molecule has 0 spiro atoms. The summed E-state index contributed by atoms with van der Waals surface area (Å²) < 4.78 is 0. The van der Waals surface area contributed by atoms with Crippen LogP contribution in [-0.4, -0.2) is 16.6 Å². The molecule has 22 heavy (non-hydrogen) atoms. The molecule has 1 fully saturated rings. The van der Waals surface area contributed by atoms with E-state index in [1.54, 1.807) is 0 Å². The third-order valence-electron chi connectivity index (χ3n) is 6.28. The van der Waals surface area contributed by atoms with Gasteiger partial charge in [-0.3, -0.25) is 0 Å². The molecule has 3 nitrogen and oxygen atoms in total. The molecule has 4 bridgehead atoms. The molecule has 2 unspecified atom stereocenters. The zero-order valence-electron chi connectivity index (χ0n) is 12.1. The molecular weight excluding hydrogens is 272 g/mol. The minimum atomic E-state index is -0.109. The van der Waals surface area contributed by atoms with Crippen molar-refractivity contribution >= 4 is 12.2 Å². The van der Waals surface area contributed by atoms with Crippen LogP contribution in [0, 0.1) is 5.41 Å². The van der Waals surface area contributed by atoms with Gasteiger partial charge in [0.15, 0.2) is 0 Å². The largest absolute Gasteiger partial charge is 0.508 e. The Kier molecular flexibility index (Phi) is 1.61. The number of benzene rings is 1. The van der Waals surface area contributed by atoms with E-state index in [9.17, 15) is 5.11 Å². The second-order valence-corrected chi connectivity index (χ2v) is 6.97. The number of hydrogen-bond donors (Lipinski definition) is 3. The van der Waals surface area contributed by atoms with Gasteiger partial charge in [-0.1, -0.05) is 18.2 Å². The monoisotopic (exact) mass is 288 g/mol. The number of aromatic amines is 1. The smallest absolute Gasteiger partial charge is 0.120 e. The molecular formula is C19H16N2O. The Labute approximate surface area is 128 Å². The fraction of sp³-hybridized carbons (Fsp3) is 0.263. The first-order valence-corrected chi connectivity index (χ1v) is 7.95. The molecule has 0 radical (unpaired) electrons. The van der Waals surface area contributed by atoms with Crippen molar-refractivity contribution in [2.24, 2.45) is 5.41 Å². The summed E-state index contributed by atoms with van der Waals surface area (Å²) in [5, 5.41) is 14.4. The second kappa shape index (κ2) is 3.17. The van der Waals surface area contributed by atoms with Gasteiger partial charge < -0.3 is 15.4 Å². The first kappa shape index (κ1) is 11.2. The number of aromatic hydroxyl groups is 1. The van der Waals surface area contributed by atoms with Gasteiger partial charge in [-0.2, -0.15) is 0 Å². The SMILES string of the molecule is Oc1cccc2c1C13CCNC(=C2)C12C=Cc1[nH]cc(c13)C2. The molecule has 3 heteroatoms. The highest BCUT2D eigenvalue weighted by molar-refractivity contribution is 5.80. The number of phenols is 1. The summed E-state index contributed by atoms with van der Waals surface area (Å²) in [5.41, 5.74) is 7.51. The lowest BCUT2D eigenvalue weighted by atomic mass is 9.50. The first-order chi connectivity index (χ1) is 10.8. The molecule has 2 atom stereocenters. The van der Waals surface area contributed by atoms with E-state index in [-0.39, 0.29) is 10.8 Å². The maximum Gasteiger partial charge on any atom is 0.120 e. The number of nitrogens with one attached hydrogen (secondary N) is 2. The van der Waals surface area contributed by atoms with Gasteiger partial charge in [0, 0.05) is 40.5 Å². The molecule has 2 heterocycles. The van der Waals surface area contributed by atoms with Gasteiger partial charge in [-0.05, 0) is 47.8 Å². The van der Waals surface area contributed by atoms with Gasteiger partial charge in [-0.15, -0.1) is 0 Å². The van der Waals surface area contributed by atoms with Gasteiger partial charge in [0.2, 0.25) is 0 Å². The van der Waals surface area contributed by atoms with Crippen LogP contribution in [0.2, 0.25) is 0 Å². The van der Waals surface area contributed by atoms with Gasteiger partial charge in [0.1, 0.15) is 5.75 Å². The van der Waals surface area contributed by atoms with Crippen LogP contribution in [0.3, 0.4) is 0 Å². The molecule has 0 amide bonds. The van der Waals surface area contributed by atoms with E-state index >= 15 is 0 Å². The van der Waals surface area contributed by atoms with E-state index in [1.165, 1.54) is 22.5 Å². The predicted molar refractivity (Wildman–Crippen MR) is 85.4 cm³/mol. The summed E-state index contributed by atoms with van der Waals surface area (Å²) in [6, 6.07) is 5.91. The summed E-state index contributed by atoms with van der Waals surface area (Å²) in [6.45, 7) is 0.958. The number of allylic oxidation sites excluding steroid dienone is 1. The fourth-order valence-electron chi connectivity index (χ4n) is 5.61. The van der Waals surface area contributed by atoms with Crippen LogP contribution >= 0.6 is 0 Å². The Bertz CT molecular complexity index is 920. The minimum absolute atomic E-state index is 0.0378. The van der Waals surface area contributed by atoms with Gasteiger partial charge in [0.05, 0.1) is 0 Å². The van der Waals surface area contributed by atoms with Crippen molar-refractivity contribution in [1.29, 1.82) is 0 Å².